The van der Waals surface area contributed by atoms with Crippen LogP contribution in [0.1, 0.15) is 72.7 Å². The number of halogens is 3. The minimum absolute atomic E-state index is 0.107. The molecule has 17 heteroatoms. The predicted octanol–water partition coefficient (Wildman–Crippen LogP) is 6.95. The zero-order valence-electron chi connectivity index (χ0n) is 33.9. The third kappa shape index (κ3) is 11.1. The maximum atomic E-state index is 13.7. The number of alkyl carbamates (subject to hydrolysis) is 1. The smallest absolute Gasteiger partial charge is 0.453 e. The number of imidazole rings is 1. The van der Waals surface area contributed by atoms with Gasteiger partial charge in [-0.05, 0) is 55.4 Å². The number of urea groups is 1. The lowest BCUT2D eigenvalue weighted by atomic mass is 9.93. The molecule has 0 unspecified atom stereocenters. The fraction of sp³-hybridized carbons (Fsp3) is 0.488. The number of allylic oxidation sites excluding steroid dienone is 1. The van der Waals surface area contributed by atoms with Gasteiger partial charge in [0.1, 0.15) is 17.6 Å². The highest BCUT2D eigenvalue weighted by Gasteiger charge is 2.38. The maximum Gasteiger partial charge on any atom is 0.573 e. The summed E-state index contributed by atoms with van der Waals surface area (Å²) in [5.74, 6) is -0.354. The highest BCUT2D eigenvalue weighted by Crippen LogP contribution is 2.38. The average molecular weight is 811 g/mol. The quantitative estimate of drug-likeness (QED) is 0.123. The van der Waals surface area contributed by atoms with E-state index in [9.17, 15) is 32.3 Å². The normalized spacial score (nSPS) is 16.8. The number of ether oxygens (including phenoxy) is 2. The number of nitrogens with one attached hydrogen (secondary N) is 5. The number of likely N-dealkylation sites (tertiary alicyclic amines) is 1. The summed E-state index contributed by atoms with van der Waals surface area (Å²) < 4.78 is 49.8. The molecule has 0 spiro atoms. The lowest BCUT2D eigenvalue weighted by Gasteiger charge is -2.36. The number of alkyl halides is 3. The molecule has 2 atom stereocenters. The molecule has 3 heterocycles. The number of aromatic amines is 1. The number of rotatable bonds is 12. The molecule has 0 saturated carbocycles. The first kappa shape index (κ1) is 43.5. The number of carbonyl (C=O) groups excluding carboxylic acids is 4. The number of aromatic nitrogens is 2. The Morgan fingerprint density at radius 2 is 1.66 bits per heavy atom. The SMILES string of the molecule is COC(=O)N[C@H](C(=O)N1C(C)=CC[C@H]1c1ncc(-c2ccc(-c3ccc(NC(=O)NCCNC4CCN(C(=O)C(C)(C)C)CC4)cc3OC(F)(F)F)cc2)[nH]1)C(C)C. The maximum absolute atomic E-state index is 13.7. The first-order valence-corrected chi connectivity index (χ1v) is 19.3. The Bertz CT molecular complexity index is 1970. The average Bonchev–Trinajstić information content (AvgIpc) is 3.81. The number of hydrogen-bond donors (Lipinski definition) is 5. The predicted molar refractivity (Wildman–Crippen MR) is 212 cm³/mol. The summed E-state index contributed by atoms with van der Waals surface area (Å²) >= 11 is 0. The van der Waals surface area contributed by atoms with Gasteiger partial charge >= 0.3 is 18.5 Å². The summed E-state index contributed by atoms with van der Waals surface area (Å²) in [6.45, 7) is 13.3. The lowest BCUT2D eigenvalue weighted by Crippen LogP contribution is -2.50. The van der Waals surface area contributed by atoms with Crippen molar-refractivity contribution in [2.45, 2.75) is 85.3 Å². The van der Waals surface area contributed by atoms with Crippen LogP contribution in [0.25, 0.3) is 22.4 Å². The number of H-pyrrole nitrogens is 1. The van der Waals surface area contributed by atoms with E-state index in [4.69, 9.17) is 4.74 Å². The molecule has 1 saturated heterocycles. The summed E-state index contributed by atoms with van der Waals surface area (Å²) in [5.41, 5.74) is 2.31. The second kappa shape index (κ2) is 18.3. The number of carbonyl (C=O) groups is 4. The van der Waals surface area contributed by atoms with Crippen LogP contribution in [0, 0.1) is 11.3 Å². The van der Waals surface area contributed by atoms with Crippen molar-refractivity contribution in [3.8, 4) is 28.1 Å². The molecule has 3 aromatic rings. The van der Waals surface area contributed by atoms with Crippen molar-refractivity contribution < 1.29 is 41.8 Å². The Balaban J connectivity index is 1.20. The fourth-order valence-electron chi connectivity index (χ4n) is 7.06. The summed E-state index contributed by atoms with van der Waals surface area (Å²) in [6, 6.07) is 9.15. The number of amides is 5. The van der Waals surface area contributed by atoms with Crippen LogP contribution in [0.2, 0.25) is 0 Å². The van der Waals surface area contributed by atoms with Crippen molar-refractivity contribution in [2.24, 2.45) is 11.3 Å². The van der Waals surface area contributed by atoms with Gasteiger partial charge in [-0.25, -0.2) is 14.6 Å². The van der Waals surface area contributed by atoms with Crippen molar-refractivity contribution in [1.82, 2.24) is 35.7 Å². The number of nitrogens with zero attached hydrogens (tertiary/aromatic N) is 3. The zero-order chi connectivity index (χ0) is 42.4. The summed E-state index contributed by atoms with van der Waals surface area (Å²) in [4.78, 5) is 62.2. The first-order valence-electron chi connectivity index (χ1n) is 19.3. The highest BCUT2D eigenvalue weighted by atomic mass is 19.4. The molecule has 0 radical (unpaired) electrons. The Hall–Kier alpha value is -5.58. The van der Waals surface area contributed by atoms with Gasteiger partial charge in [-0.2, -0.15) is 0 Å². The molecule has 58 heavy (non-hydrogen) atoms. The number of benzene rings is 2. The minimum atomic E-state index is -4.99. The molecule has 5 amide bonds. The number of hydrogen-bond acceptors (Lipinski definition) is 8. The second-order valence-electron chi connectivity index (χ2n) is 15.8. The highest BCUT2D eigenvalue weighted by molar-refractivity contribution is 5.90. The standard InChI is InChI=1S/C41H53F3N8O6/c1-24(2)34(50-39(56)57-7)36(53)52-25(3)8-15-32(52)35-47-23-31(49-35)27-11-9-26(10-12-27)30-14-13-29(22-33(30)58-41(42,43)44)48-38(55)46-19-18-45-28-16-20-51(21-17-28)37(54)40(4,5)6/h8-14,22-24,28,32,34,45H,15-21H2,1-7H3,(H,47,49)(H,50,56)(H2,46,48,55)/t32-,34-/m0/s1. The van der Waals surface area contributed by atoms with E-state index in [1.807, 2.05) is 52.5 Å². The lowest BCUT2D eigenvalue weighted by molar-refractivity contribution is -0.274. The van der Waals surface area contributed by atoms with Crippen molar-refractivity contribution in [2.75, 3.05) is 38.6 Å². The van der Waals surface area contributed by atoms with Crippen molar-refractivity contribution in [3.63, 3.8) is 0 Å². The third-order valence-corrected chi connectivity index (χ3v) is 10.1. The van der Waals surface area contributed by atoms with E-state index in [1.54, 1.807) is 35.4 Å². The molecule has 2 aliphatic heterocycles. The molecule has 0 bridgehead atoms. The van der Waals surface area contributed by atoms with E-state index in [0.29, 0.717) is 48.7 Å². The Kier molecular flexibility index (Phi) is 13.8. The molecule has 0 aliphatic carbocycles. The van der Waals surface area contributed by atoms with Gasteiger partial charge in [-0.1, -0.05) is 65.0 Å². The number of piperidine rings is 1. The molecule has 2 aliphatic rings. The van der Waals surface area contributed by atoms with Crippen LogP contribution >= 0.6 is 0 Å². The second-order valence-corrected chi connectivity index (χ2v) is 15.8. The molecule has 1 aromatic heterocycles. The van der Waals surface area contributed by atoms with Gasteiger partial charge in [0.25, 0.3) is 0 Å². The minimum Gasteiger partial charge on any atom is -0.453 e. The van der Waals surface area contributed by atoms with Crippen LogP contribution in [0.15, 0.2) is 60.4 Å². The largest absolute Gasteiger partial charge is 0.573 e. The van der Waals surface area contributed by atoms with Crippen LogP contribution in [0.3, 0.4) is 0 Å². The van der Waals surface area contributed by atoms with Crippen molar-refractivity contribution in [1.29, 1.82) is 0 Å². The van der Waals surface area contributed by atoms with E-state index in [1.165, 1.54) is 19.2 Å². The summed E-state index contributed by atoms with van der Waals surface area (Å²) in [7, 11) is 1.23. The number of methoxy groups -OCH3 is 1. The van der Waals surface area contributed by atoms with Crippen LogP contribution in [0.5, 0.6) is 5.75 Å². The van der Waals surface area contributed by atoms with Crippen molar-refractivity contribution in [3.05, 3.63) is 66.3 Å². The van der Waals surface area contributed by atoms with Crippen molar-refractivity contribution >= 4 is 29.6 Å². The van der Waals surface area contributed by atoms with Gasteiger partial charge in [-0.15, -0.1) is 13.2 Å². The van der Waals surface area contributed by atoms with Crippen LogP contribution < -0.4 is 26.0 Å². The topological polar surface area (TPSA) is 170 Å². The van der Waals surface area contributed by atoms with E-state index in [0.717, 1.165) is 24.6 Å². The van der Waals surface area contributed by atoms with Gasteiger partial charge in [0.15, 0.2) is 0 Å². The zero-order valence-corrected chi connectivity index (χ0v) is 33.9. The van der Waals surface area contributed by atoms with Crippen LogP contribution in [-0.2, 0) is 14.3 Å². The first-order chi connectivity index (χ1) is 27.3. The molecule has 314 valence electrons. The Morgan fingerprint density at radius 3 is 2.28 bits per heavy atom. The monoisotopic (exact) mass is 810 g/mol. The van der Waals surface area contributed by atoms with Gasteiger partial charge < -0.3 is 45.5 Å². The molecular weight excluding hydrogens is 757 g/mol. The third-order valence-electron chi connectivity index (χ3n) is 10.1. The molecular formula is C41H53F3N8O6. The van der Waals surface area contributed by atoms with E-state index in [-0.39, 0.29) is 41.6 Å². The van der Waals surface area contributed by atoms with Gasteiger partial charge in [-0.3, -0.25) is 9.59 Å². The van der Waals surface area contributed by atoms with Gasteiger partial charge in [0, 0.05) is 60.7 Å². The Labute approximate surface area is 336 Å². The molecule has 14 nitrogen and oxygen atoms in total. The van der Waals surface area contributed by atoms with Gasteiger partial charge in [0.05, 0.1) is 25.0 Å². The Morgan fingerprint density at radius 1 is 0.983 bits per heavy atom. The molecule has 5 rings (SSSR count). The fourth-order valence-corrected chi connectivity index (χ4v) is 7.06. The summed E-state index contributed by atoms with van der Waals surface area (Å²) in [6.07, 6.45) is -0.0545. The summed E-state index contributed by atoms with van der Waals surface area (Å²) in [5, 5.41) is 11.3. The number of anilines is 1. The van der Waals surface area contributed by atoms with E-state index < -0.39 is 41.7 Å². The molecule has 1 fully saturated rings. The van der Waals surface area contributed by atoms with Crippen LogP contribution in [0.4, 0.5) is 28.4 Å². The molecule has 2 aromatic carbocycles. The van der Waals surface area contributed by atoms with Crippen LogP contribution in [-0.4, -0.2) is 95.4 Å². The van der Waals surface area contributed by atoms with E-state index >= 15 is 0 Å². The van der Waals surface area contributed by atoms with Gasteiger partial charge in [0.2, 0.25) is 11.8 Å². The van der Waals surface area contributed by atoms with E-state index in [2.05, 4.69) is 36.0 Å². The molecule has 5 N–H and O–H groups in total.